The lowest BCUT2D eigenvalue weighted by molar-refractivity contribution is 0.00299. The smallest absolute Gasteiger partial charge is 0.231 e. The van der Waals surface area contributed by atoms with Gasteiger partial charge in [0.2, 0.25) is 6.79 Å². The molecule has 98 valence electrons. The van der Waals surface area contributed by atoms with Gasteiger partial charge >= 0.3 is 0 Å². The first-order valence-corrected chi connectivity index (χ1v) is 6.61. The summed E-state index contributed by atoms with van der Waals surface area (Å²) >= 11 is 6.20. The number of ether oxygens (including phenoxy) is 3. The van der Waals surface area contributed by atoms with E-state index in [1.807, 2.05) is 13.0 Å². The zero-order valence-corrected chi connectivity index (χ0v) is 11.0. The fourth-order valence-corrected chi connectivity index (χ4v) is 2.51. The van der Waals surface area contributed by atoms with E-state index in [-0.39, 0.29) is 6.79 Å². The average molecular weight is 270 g/mol. The van der Waals surface area contributed by atoms with Crippen molar-refractivity contribution in [1.82, 2.24) is 0 Å². The highest BCUT2D eigenvalue weighted by Gasteiger charge is 2.30. The standard InChI is InChI=1S/C13H16ClNO3/c1-2-16-9-3-8(4-9)15-11-6-13-12(5-10(11)14)17-7-18-13/h5-6,8-9,15H,2-4,7H2,1H3. The average Bonchev–Trinajstić information content (AvgIpc) is 2.73. The van der Waals surface area contributed by atoms with Gasteiger partial charge in [0.15, 0.2) is 11.5 Å². The van der Waals surface area contributed by atoms with Gasteiger partial charge in [-0.15, -0.1) is 0 Å². The van der Waals surface area contributed by atoms with E-state index in [1.165, 1.54) is 0 Å². The van der Waals surface area contributed by atoms with Crippen LogP contribution in [0.5, 0.6) is 11.5 Å². The summed E-state index contributed by atoms with van der Waals surface area (Å²) in [5.74, 6) is 1.47. The second-order valence-corrected chi connectivity index (χ2v) is 4.98. The maximum absolute atomic E-state index is 6.20. The molecular weight excluding hydrogens is 254 g/mol. The minimum absolute atomic E-state index is 0.269. The van der Waals surface area contributed by atoms with Crippen LogP contribution < -0.4 is 14.8 Å². The van der Waals surface area contributed by atoms with Gasteiger partial charge in [0, 0.05) is 24.8 Å². The summed E-state index contributed by atoms with van der Waals surface area (Å²) in [6.07, 6.45) is 2.44. The predicted octanol–water partition coefficient (Wildman–Crippen LogP) is 3.05. The van der Waals surface area contributed by atoms with Gasteiger partial charge < -0.3 is 19.5 Å². The number of rotatable bonds is 4. The second-order valence-electron chi connectivity index (χ2n) is 4.58. The van der Waals surface area contributed by atoms with Crippen LogP contribution in [-0.2, 0) is 4.74 Å². The monoisotopic (exact) mass is 269 g/mol. The number of halogens is 1. The molecule has 0 unspecified atom stereocenters. The Morgan fingerprint density at radius 1 is 1.33 bits per heavy atom. The van der Waals surface area contributed by atoms with Gasteiger partial charge in [0.25, 0.3) is 0 Å². The maximum atomic E-state index is 6.20. The summed E-state index contributed by atoms with van der Waals surface area (Å²) < 4.78 is 16.1. The first kappa shape index (κ1) is 11.9. The van der Waals surface area contributed by atoms with Crippen molar-refractivity contribution in [2.45, 2.75) is 31.9 Å². The lowest BCUT2D eigenvalue weighted by atomic mass is 9.89. The van der Waals surface area contributed by atoms with Crippen LogP contribution in [-0.4, -0.2) is 25.5 Å². The number of fused-ring (bicyclic) bond motifs is 1. The normalized spacial score (nSPS) is 24.8. The molecule has 0 spiro atoms. The zero-order valence-electron chi connectivity index (χ0n) is 10.2. The molecule has 0 radical (unpaired) electrons. The fourth-order valence-electron chi connectivity index (χ4n) is 2.30. The van der Waals surface area contributed by atoms with E-state index in [1.54, 1.807) is 6.07 Å². The maximum Gasteiger partial charge on any atom is 0.231 e. The highest BCUT2D eigenvalue weighted by molar-refractivity contribution is 6.33. The lowest BCUT2D eigenvalue weighted by Crippen LogP contribution is -2.40. The highest BCUT2D eigenvalue weighted by atomic mass is 35.5. The molecule has 1 heterocycles. The molecule has 0 aromatic heterocycles. The largest absolute Gasteiger partial charge is 0.454 e. The van der Waals surface area contributed by atoms with Gasteiger partial charge in [-0.2, -0.15) is 0 Å². The van der Waals surface area contributed by atoms with Crippen LogP contribution >= 0.6 is 11.6 Å². The lowest BCUT2D eigenvalue weighted by Gasteiger charge is -2.36. The van der Waals surface area contributed by atoms with E-state index in [2.05, 4.69) is 5.32 Å². The van der Waals surface area contributed by atoms with Crippen molar-refractivity contribution in [2.24, 2.45) is 0 Å². The van der Waals surface area contributed by atoms with E-state index in [9.17, 15) is 0 Å². The quantitative estimate of drug-likeness (QED) is 0.912. The van der Waals surface area contributed by atoms with Crippen LogP contribution in [0.25, 0.3) is 0 Å². The van der Waals surface area contributed by atoms with Gasteiger partial charge in [0.1, 0.15) is 0 Å². The van der Waals surface area contributed by atoms with E-state index in [4.69, 9.17) is 25.8 Å². The summed E-state index contributed by atoms with van der Waals surface area (Å²) in [5.41, 5.74) is 0.904. The number of hydrogen-bond donors (Lipinski definition) is 1. The minimum atomic E-state index is 0.269. The first-order valence-electron chi connectivity index (χ1n) is 6.23. The SMILES string of the molecule is CCOC1CC(Nc2cc3c(cc2Cl)OCO3)C1. The topological polar surface area (TPSA) is 39.7 Å². The molecule has 5 heteroatoms. The van der Waals surface area contributed by atoms with E-state index in [0.717, 1.165) is 30.9 Å². The molecule has 1 aliphatic carbocycles. The van der Waals surface area contributed by atoms with E-state index >= 15 is 0 Å². The Labute approximate surface area is 111 Å². The first-order chi connectivity index (χ1) is 8.76. The molecule has 0 atom stereocenters. The Kier molecular flexibility index (Phi) is 3.22. The molecule has 18 heavy (non-hydrogen) atoms. The van der Waals surface area contributed by atoms with Gasteiger partial charge in [-0.25, -0.2) is 0 Å². The summed E-state index contributed by atoms with van der Waals surface area (Å²) in [6, 6.07) is 4.13. The molecule has 2 aliphatic rings. The van der Waals surface area contributed by atoms with Crippen molar-refractivity contribution < 1.29 is 14.2 Å². The van der Waals surface area contributed by atoms with Crippen molar-refractivity contribution in [3.63, 3.8) is 0 Å². The molecule has 0 bridgehead atoms. The van der Waals surface area contributed by atoms with Gasteiger partial charge in [-0.05, 0) is 19.8 Å². The molecule has 1 saturated carbocycles. The molecule has 0 saturated heterocycles. The number of hydrogen-bond acceptors (Lipinski definition) is 4. The molecule has 1 aromatic rings. The molecule has 1 aliphatic heterocycles. The van der Waals surface area contributed by atoms with Crippen LogP contribution in [0.1, 0.15) is 19.8 Å². The molecule has 3 rings (SSSR count). The molecule has 4 nitrogen and oxygen atoms in total. The van der Waals surface area contributed by atoms with Gasteiger partial charge in [0.05, 0.1) is 16.8 Å². The second kappa shape index (κ2) is 4.86. The highest BCUT2D eigenvalue weighted by Crippen LogP contribution is 2.40. The zero-order chi connectivity index (χ0) is 12.5. The minimum Gasteiger partial charge on any atom is -0.454 e. The van der Waals surface area contributed by atoms with Gasteiger partial charge in [-0.3, -0.25) is 0 Å². The summed E-state index contributed by atoms with van der Waals surface area (Å²) in [5, 5.41) is 4.08. The Morgan fingerprint density at radius 3 is 2.78 bits per heavy atom. The van der Waals surface area contributed by atoms with Crippen molar-refractivity contribution in [3.8, 4) is 11.5 Å². The third-order valence-electron chi connectivity index (χ3n) is 3.32. The number of anilines is 1. The Morgan fingerprint density at radius 2 is 2.06 bits per heavy atom. The van der Waals surface area contributed by atoms with Crippen molar-refractivity contribution in [2.75, 3.05) is 18.7 Å². The van der Waals surface area contributed by atoms with Crippen LogP contribution in [0.15, 0.2) is 12.1 Å². The summed E-state index contributed by atoms with van der Waals surface area (Å²) in [6.45, 7) is 3.07. The predicted molar refractivity (Wildman–Crippen MR) is 69.6 cm³/mol. The summed E-state index contributed by atoms with van der Waals surface area (Å²) in [4.78, 5) is 0. The molecule has 1 aromatic carbocycles. The third kappa shape index (κ3) is 2.22. The molecule has 1 fully saturated rings. The molecule has 1 N–H and O–H groups in total. The fraction of sp³-hybridized carbons (Fsp3) is 0.538. The Hall–Kier alpha value is -1.13. The van der Waals surface area contributed by atoms with Crippen LogP contribution in [0.3, 0.4) is 0 Å². The molecule has 0 amide bonds. The van der Waals surface area contributed by atoms with Gasteiger partial charge in [-0.1, -0.05) is 11.6 Å². The van der Waals surface area contributed by atoms with E-state index < -0.39 is 0 Å². The molecular formula is C13H16ClNO3. The summed E-state index contributed by atoms with van der Waals surface area (Å²) in [7, 11) is 0. The van der Waals surface area contributed by atoms with Crippen LogP contribution in [0.2, 0.25) is 5.02 Å². The van der Waals surface area contributed by atoms with E-state index in [0.29, 0.717) is 22.9 Å². The third-order valence-corrected chi connectivity index (χ3v) is 3.63. The Bertz CT molecular complexity index is 446. The Balaban J connectivity index is 1.64. The van der Waals surface area contributed by atoms with Crippen LogP contribution in [0, 0.1) is 0 Å². The number of benzene rings is 1. The van der Waals surface area contributed by atoms with Crippen molar-refractivity contribution >= 4 is 17.3 Å². The van der Waals surface area contributed by atoms with Crippen molar-refractivity contribution in [3.05, 3.63) is 17.2 Å². The van der Waals surface area contributed by atoms with Crippen LogP contribution in [0.4, 0.5) is 5.69 Å². The number of nitrogens with one attached hydrogen (secondary N) is 1. The van der Waals surface area contributed by atoms with Crippen molar-refractivity contribution in [1.29, 1.82) is 0 Å².